The highest BCUT2D eigenvalue weighted by Crippen LogP contribution is 2.25. The van der Waals surface area contributed by atoms with E-state index in [0.29, 0.717) is 21.9 Å². The van der Waals surface area contributed by atoms with Crippen LogP contribution >= 0.6 is 34.8 Å². The van der Waals surface area contributed by atoms with Crippen molar-refractivity contribution < 1.29 is 9.84 Å². The molecule has 0 saturated carbocycles. The number of nitrogens with zero attached hydrogens (tertiary/aromatic N) is 3. The summed E-state index contributed by atoms with van der Waals surface area (Å²) >= 11 is 7.47. The van der Waals surface area contributed by atoms with Gasteiger partial charge in [0.25, 0.3) is 0 Å². The Morgan fingerprint density at radius 3 is 2.92 bits per heavy atom. The molecule has 3 aromatic rings. The van der Waals surface area contributed by atoms with Gasteiger partial charge in [-0.2, -0.15) is 14.9 Å². The van der Waals surface area contributed by atoms with E-state index in [4.69, 9.17) is 17.0 Å². The minimum Gasteiger partial charge on any atom is -0.507 e. The molecule has 2 aromatic carbocycles. The van der Waals surface area contributed by atoms with Crippen molar-refractivity contribution in [1.29, 1.82) is 0 Å². The molecule has 6 nitrogen and oxygen atoms in total. The van der Waals surface area contributed by atoms with Crippen molar-refractivity contribution in [2.45, 2.75) is 6.92 Å². The second kappa shape index (κ2) is 7.36. The standard InChI is InChI=1S/C17H15IN4O2S/c1-10-6-13(18)7-12(15(10)23)9-19-22-16(20-21-17(22)25)11-4-3-5-14(8-11)24-2/h3-9,23H,1-2H3,(H,21,25)/b19-9-. The first-order valence-corrected chi connectivity index (χ1v) is 8.83. The lowest BCUT2D eigenvalue weighted by Gasteiger charge is -2.05. The largest absolute Gasteiger partial charge is 0.507 e. The zero-order valence-electron chi connectivity index (χ0n) is 13.5. The first-order valence-electron chi connectivity index (χ1n) is 7.35. The number of hydrogen-bond donors (Lipinski definition) is 2. The smallest absolute Gasteiger partial charge is 0.216 e. The third-order valence-corrected chi connectivity index (χ3v) is 4.47. The van der Waals surface area contributed by atoms with E-state index >= 15 is 0 Å². The van der Waals surface area contributed by atoms with Gasteiger partial charge in [-0.25, -0.2) is 5.10 Å². The Morgan fingerprint density at radius 1 is 1.36 bits per heavy atom. The predicted molar refractivity (Wildman–Crippen MR) is 108 cm³/mol. The van der Waals surface area contributed by atoms with Gasteiger partial charge < -0.3 is 9.84 Å². The number of phenolic OH excluding ortho intramolecular Hbond substituents is 1. The van der Waals surface area contributed by atoms with E-state index in [1.54, 1.807) is 13.3 Å². The van der Waals surface area contributed by atoms with Gasteiger partial charge in [-0.1, -0.05) is 12.1 Å². The number of benzene rings is 2. The molecule has 0 spiro atoms. The van der Waals surface area contributed by atoms with Crippen LogP contribution in [0.25, 0.3) is 11.4 Å². The summed E-state index contributed by atoms with van der Waals surface area (Å²) in [6.07, 6.45) is 1.57. The lowest BCUT2D eigenvalue weighted by molar-refractivity contribution is 0.415. The van der Waals surface area contributed by atoms with Crippen LogP contribution in [0.1, 0.15) is 11.1 Å². The van der Waals surface area contributed by atoms with E-state index < -0.39 is 0 Å². The second-order valence-electron chi connectivity index (χ2n) is 5.30. The molecule has 0 fully saturated rings. The number of aromatic hydroxyl groups is 1. The number of ether oxygens (including phenoxy) is 1. The topological polar surface area (TPSA) is 75.4 Å². The van der Waals surface area contributed by atoms with Crippen molar-refractivity contribution in [1.82, 2.24) is 14.9 Å². The normalized spacial score (nSPS) is 11.2. The molecule has 0 aliphatic carbocycles. The van der Waals surface area contributed by atoms with Crippen LogP contribution in [0.5, 0.6) is 11.5 Å². The number of aromatic amines is 1. The fourth-order valence-electron chi connectivity index (χ4n) is 2.33. The molecule has 128 valence electrons. The molecule has 0 unspecified atom stereocenters. The third-order valence-electron chi connectivity index (χ3n) is 3.59. The van der Waals surface area contributed by atoms with Crippen LogP contribution in [-0.2, 0) is 0 Å². The third kappa shape index (κ3) is 3.74. The van der Waals surface area contributed by atoms with E-state index in [9.17, 15) is 5.11 Å². The fourth-order valence-corrected chi connectivity index (χ4v) is 3.31. The molecule has 2 N–H and O–H groups in total. The minimum atomic E-state index is 0.196. The summed E-state index contributed by atoms with van der Waals surface area (Å²) in [5, 5.41) is 21.6. The summed E-state index contributed by atoms with van der Waals surface area (Å²) < 4.78 is 8.13. The van der Waals surface area contributed by atoms with E-state index in [1.165, 1.54) is 4.68 Å². The lowest BCUT2D eigenvalue weighted by Crippen LogP contribution is -1.96. The molecule has 3 rings (SSSR count). The van der Waals surface area contributed by atoms with Gasteiger partial charge in [-0.3, -0.25) is 0 Å². The average molecular weight is 466 g/mol. The molecule has 25 heavy (non-hydrogen) atoms. The Morgan fingerprint density at radius 2 is 2.16 bits per heavy atom. The van der Waals surface area contributed by atoms with Gasteiger partial charge in [0.1, 0.15) is 11.5 Å². The van der Waals surface area contributed by atoms with Gasteiger partial charge in [0.2, 0.25) is 4.77 Å². The number of phenols is 1. The SMILES string of the molecule is COc1cccc(-c2n[nH]c(=S)n2/N=C\c2cc(I)cc(C)c2O)c1. The van der Waals surface area contributed by atoms with Gasteiger partial charge in [0.05, 0.1) is 13.3 Å². The Bertz CT molecular complexity index is 1010. The van der Waals surface area contributed by atoms with Gasteiger partial charge in [0.15, 0.2) is 5.82 Å². The van der Waals surface area contributed by atoms with E-state index in [2.05, 4.69) is 37.9 Å². The summed E-state index contributed by atoms with van der Waals surface area (Å²) in [6.45, 7) is 1.85. The molecule has 0 aliphatic heterocycles. The van der Waals surface area contributed by atoms with Gasteiger partial charge in [-0.15, -0.1) is 0 Å². The Hall–Kier alpha value is -2.20. The average Bonchev–Trinajstić information content (AvgIpc) is 2.97. The first kappa shape index (κ1) is 17.6. The van der Waals surface area contributed by atoms with Crippen LogP contribution in [0.15, 0.2) is 41.5 Å². The molecule has 0 amide bonds. The maximum Gasteiger partial charge on any atom is 0.216 e. The minimum absolute atomic E-state index is 0.196. The monoisotopic (exact) mass is 466 g/mol. The molecule has 0 radical (unpaired) electrons. The van der Waals surface area contributed by atoms with Gasteiger partial charge >= 0.3 is 0 Å². The molecule has 0 bridgehead atoms. The highest BCUT2D eigenvalue weighted by atomic mass is 127. The summed E-state index contributed by atoms with van der Waals surface area (Å²) in [4.78, 5) is 0. The predicted octanol–water partition coefficient (Wildman–Crippen LogP) is 4.12. The zero-order chi connectivity index (χ0) is 18.0. The van der Waals surface area contributed by atoms with Crippen LogP contribution in [0.2, 0.25) is 0 Å². The summed E-state index contributed by atoms with van der Waals surface area (Å²) in [5.74, 6) is 1.47. The molecule has 1 aromatic heterocycles. The van der Waals surface area contributed by atoms with Crippen molar-refractivity contribution in [3.05, 3.63) is 55.9 Å². The maximum absolute atomic E-state index is 10.2. The number of H-pyrrole nitrogens is 1. The van der Waals surface area contributed by atoms with Crippen molar-refractivity contribution in [2.75, 3.05) is 7.11 Å². The van der Waals surface area contributed by atoms with Crippen molar-refractivity contribution >= 4 is 41.0 Å². The Labute approximate surface area is 163 Å². The summed E-state index contributed by atoms with van der Waals surface area (Å²) in [5.41, 5.74) is 2.22. The van der Waals surface area contributed by atoms with Gasteiger partial charge in [-0.05, 0) is 71.6 Å². The van der Waals surface area contributed by atoms with Crippen LogP contribution in [0.4, 0.5) is 0 Å². The quantitative estimate of drug-likeness (QED) is 0.345. The number of hydrogen-bond acceptors (Lipinski definition) is 5. The number of nitrogens with one attached hydrogen (secondary N) is 1. The van der Waals surface area contributed by atoms with E-state index in [1.807, 2.05) is 43.3 Å². The molecule has 0 atom stereocenters. The maximum atomic E-state index is 10.2. The number of methoxy groups -OCH3 is 1. The van der Waals surface area contributed by atoms with Crippen LogP contribution in [-0.4, -0.2) is 33.3 Å². The Kier molecular flexibility index (Phi) is 5.19. The van der Waals surface area contributed by atoms with E-state index in [-0.39, 0.29) is 5.75 Å². The zero-order valence-corrected chi connectivity index (χ0v) is 16.5. The van der Waals surface area contributed by atoms with Crippen molar-refractivity contribution in [2.24, 2.45) is 5.10 Å². The number of halogens is 1. The van der Waals surface area contributed by atoms with Crippen molar-refractivity contribution in [3.63, 3.8) is 0 Å². The molecular weight excluding hydrogens is 451 g/mol. The van der Waals surface area contributed by atoms with Crippen LogP contribution in [0, 0.1) is 15.3 Å². The second-order valence-corrected chi connectivity index (χ2v) is 6.93. The fraction of sp³-hybridized carbons (Fsp3) is 0.118. The number of aromatic nitrogens is 3. The number of rotatable bonds is 4. The van der Waals surface area contributed by atoms with Crippen LogP contribution < -0.4 is 4.74 Å². The summed E-state index contributed by atoms with van der Waals surface area (Å²) in [7, 11) is 1.61. The molecule has 0 saturated heterocycles. The van der Waals surface area contributed by atoms with Crippen LogP contribution in [0.3, 0.4) is 0 Å². The van der Waals surface area contributed by atoms with Gasteiger partial charge in [0, 0.05) is 14.7 Å². The Balaban J connectivity index is 2.05. The highest BCUT2D eigenvalue weighted by molar-refractivity contribution is 14.1. The lowest BCUT2D eigenvalue weighted by atomic mass is 10.1. The summed E-state index contributed by atoms with van der Waals surface area (Å²) in [6, 6.07) is 11.2. The van der Waals surface area contributed by atoms with E-state index in [0.717, 1.165) is 14.7 Å². The highest BCUT2D eigenvalue weighted by Gasteiger charge is 2.10. The molecule has 1 heterocycles. The molecule has 8 heteroatoms. The first-order chi connectivity index (χ1) is 12.0. The van der Waals surface area contributed by atoms with Crippen molar-refractivity contribution in [3.8, 4) is 22.9 Å². The number of aryl methyl sites for hydroxylation is 1. The molecule has 0 aliphatic rings. The molecular formula is C17H15IN4O2S.